The molecule has 3 aromatic carbocycles. The second-order valence-corrected chi connectivity index (χ2v) is 15.7. The lowest BCUT2D eigenvalue weighted by molar-refractivity contribution is -0.149. The van der Waals surface area contributed by atoms with Crippen LogP contribution in [-0.4, -0.2) is 122 Å². The summed E-state index contributed by atoms with van der Waals surface area (Å²) in [7, 11) is 7.52. The summed E-state index contributed by atoms with van der Waals surface area (Å²) in [5.74, 6) is -1.57. The number of ether oxygens (including phenoxy) is 3. The van der Waals surface area contributed by atoms with Gasteiger partial charge in [-0.05, 0) is 79.3 Å². The Labute approximate surface area is 345 Å². The smallest absolute Gasteiger partial charge is 0.246 e. The van der Waals surface area contributed by atoms with Crippen LogP contribution in [0.2, 0.25) is 0 Å². The normalized spacial score (nSPS) is 23.8. The Bertz CT molecular complexity index is 2020. The second kappa shape index (κ2) is 19.1. The van der Waals surface area contributed by atoms with Crippen LogP contribution in [0, 0.1) is 5.92 Å². The van der Waals surface area contributed by atoms with Gasteiger partial charge in [0.05, 0.1) is 14.2 Å². The Balaban J connectivity index is 1.60. The quantitative estimate of drug-likeness (QED) is 0.338. The zero-order valence-electron chi connectivity index (χ0n) is 35.2. The van der Waals surface area contributed by atoms with Gasteiger partial charge in [-0.1, -0.05) is 44.2 Å². The van der Waals surface area contributed by atoms with Crippen molar-refractivity contribution in [3.63, 3.8) is 0 Å². The lowest BCUT2D eigenvalue weighted by Crippen LogP contribution is -2.62. The Morgan fingerprint density at radius 2 is 1.27 bits per heavy atom. The fourth-order valence-corrected chi connectivity index (χ4v) is 7.36. The molecule has 6 atom stereocenters. The molecule has 6 amide bonds. The van der Waals surface area contributed by atoms with E-state index in [9.17, 15) is 28.8 Å². The monoisotopic (exact) mass is 812 g/mol. The topological polar surface area (TPSA) is 176 Å². The first kappa shape index (κ1) is 44.0. The second-order valence-electron chi connectivity index (χ2n) is 15.7. The van der Waals surface area contributed by atoms with Gasteiger partial charge in [-0.15, -0.1) is 0 Å². The van der Waals surface area contributed by atoms with Gasteiger partial charge in [0.15, 0.2) is 11.5 Å². The average Bonchev–Trinajstić information content (AvgIpc) is 3.21. The molecule has 3 aliphatic heterocycles. The first-order valence-corrected chi connectivity index (χ1v) is 19.8. The molecule has 0 saturated carbocycles. The van der Waals surface area contributed by atoms with Crippen molar-refractivity contribution in [3.8, 4) is 23.0 Å². The number of hydrogen-bond donors (Lipinski definition) is 3. The van der Waals surface area contributed by atoms with Crippen molar-refractivity contribution in [3.05, 3.63) is 83.4 Å². The minimum Gasteiger partial charge on any atom is -0.497 e. The predicted octanol–water partition coefficient (Wildman–Crippen LogP) is 2.87. The zero-order chi connectivity index (χ0) is 43.1. The molecule has 0 aliphatic carbocycles. The highest BCUT2D eigenvalue weighted by molar-refractivity contribution is 5.98. The summed E-state index contributed by atoms with van der Waals surface area (Å²) < 4.78 is 17.1. The molecule has 0 radical (unpaired) electrons. The maximum absolute atomic E-state index is 14.8. The van der Waals surface area contributed by atoms with E-state index in [2.05, 4.69) is 16.0 Å². The standard InChI is InChI=1S/C44H56N6O9/c1-25(2)20-33-43(55)48(5)34(21-28-10-15-31(57-8)16-11-28)41(53)46-27(4)42(54)50(7)36-22-29-12-17-32(18-13-29)59-38-24-30(14-19-37(38)58-9)23-35(49(6)44(36)56)40(52)45-26(3)39(51)47-33/h10-19,24-27,33-36H,20-23H2,1-9H3,(H,45,52)(H,46,53)(H,47,51)/t26-,27-,33-,34-,35-,36+/m0/s1. The molecule has 15 nitrogen and oxygen atoms in total. The van der Waals surface area contributed by atoms with Crippen LogP contribution in [0.25, 0.3) is 0 Å². The fourth-order valence-electron chi connectivity index (χ4n) is 7.36. The van der Waals surface area contributed by atoms with Crippen molar-refractivity contribution in [1.82, 2.24) is 30.7 Å². The Kier molecular flexibility index (Phi) is 14.2. The number of amides is 6. The van der Waals surface area contributed by atoms with Gasteiger partial charge in [0.25, 0.3) is 0 Å². The van der Waals surface area contributed by atoms with Gasteiger partial charge < -0.3 is 44.9 Å². The first-order valence-electron chi connectivity index (χ1n) is 19.8. The summed E-state index contributed by atoms with van der Waals surface area (Å²) >= 11 is 0. The summed E-state index contributed by atoms with van der Waals surface area (Å²) in [5, 5.41) is 8.41. The third kappa shape index (κ3) is 10.5. The number of carbonyl (C=O) groups excluding carboxylic acids is 6. The van der Waals surface area contributed by atoms with Gasteiger partial charge in [-0.2, -0.15) is 0 Å². The van der Waals surface area contributed by atoms with E-state index in [1.165, 1.54) is 56.8 Å². The summed E-state index contributed by atoms with van der Waals surface area (Å²) in [6, 6.07) is 12.6. The van der Waals surface area contributed by atoms with Crippen molar-refractivity contribution in [2.75, 3.05) is 35.4 Å². The van der Waals surface area contributed by atoms with Crippen molar-refractivity contribution < 1.29 is 43.0 Å². The van der Waals surface area contributed by atoms with Gasteiger partial charge in [0, 0.05) is 40.4 Å². The molecule has 0 unspecified atom stereocenters. The number of fused-ring (bicyclic) bond motifs is 2. The predicted molar refractivity (Wildman–Crippen MR) is 220 cm³/mol. The summed E-state index contributed by atoms with van der Waals surface area (Å²) in [6.07, 6.45) is 0.374. The molecule has 6 rings (SSSR count). The first-order chi connectivity index (χ1) is 28.0. The Hall–Kier alpha value is -6.12. The van der Waals surface area contributed by atoms with E-state index in [4.69, 9.17) is 14.2 Å². The highest BCUT2D eigenvalue weighted by atomic mass is 16.5. The zero-order valence-corrected chi connectivity index (χ0v) is 35.2. The molecule has 0 spiro atoms. The summed E-state index contributed by atoms with van der Waals surface area (Å²) in [6.45, 7) is 6.82. The number of carbonyl (C=O) groups is 6. The Morgan fingerprint density at radius 3 is 1.90 bits per heavy atom. The van der Waals surface area contributed by atoms with Crippen LogP contribution in [0.4, 0.5) is 0 Å². The van der Waals surface area contributed by atoms with Gasteiger partial charge >= 0.3 is 0 Å². The van der Waals surface area contributed by atoms with Crippen LogP contribution in [0.5, 0.6) is 23.0 Å². The largest absolute Gasteiger partial charge is 0.497 e. The highest BCUT2D eigenvalue weighted by Crippen LogP contribution is 2.34. The fraction of sp³-hybridized carbons (Fsp3) is 0.455. The number of nitrogens with zero attached hydrogens (tertiary/aromatic N) is 3. The molecule has 3 aliphatic rings. The van der Waals surface area contributed by atoms with Gasteiger partial charge in [-0.3, -0.25) is 28.8 Å². The van der Waals surface area contributed by atoms with Crippen LogP contribution < -0.4 is 30.2 Å². The highest BCUT2D eigenvalue weighted by Gasteiger charge is 2.40. The number of hydrogen-bond acceptors (Lipinski definition) is 9. The van der Waals surface area contributed by atoms with E-state index in [0.717, 1.165) is 5.56 Å². The molecule has 0 aromatic heterocycles. The average molecular weight is 813 g/mol. The third-order valence-electron chi connectivity index (χ3n) is 11.0. The molecule has 59 heavy (non-hydrogen) atoms. The van der Waals surface area contributed by atoms with Crippen molar-refractivity contribution >= 4 is 35.4 Å². The molecule has 1 saturated heterocycles. The maximum atomic E-state index is 14.8. The third-order valence-corrected chi connectivity index (χ3v) is 11.0. The lowest BCUT2D eigenvalue weighted by atomic mass is 9.98. The van der Waals surface area contributed by atoms with Crippen LogP contribution in [0.1, 0.15) is 50.8 Å². The van der Waals surface area contributed by atoms with E-state index < -0.39 is 71.7 Å². The van der Waals surface area contributed by atoms with E-state index in [1.807, 2.05) is 13.8 Å². The van der Waals surface area contributed by atoms with Crippen molar-refractivity contribution in [1.29, 1.82) is 0 Å². The van der Waals surface area contributed by atoms with E-state index in [0.29, 0.717) is 34.1 Å². The number of methoxy groups -OCH3 is 2. The van der Waals surface area contributed by atoms with Crippen molar-refractivity contribution in [2.24, 2.45) is 5.92 Å². The van der Waals surface area contributed by atoms with Gasteiger partial charge in [-0.25, -0.2) is 0 Å². The van der Waals surface area contributed by atoms with Gasteiger partial charge in [0.2, 0.25) is 35.4 Å². The molecule has 3 N–H and O–H groups in total. The SMILES string of the molecule is COc1ccc(C[C@H]2C(=O)N[C@@H](C)C(=O)N(C)[C@@H]3Cc4ccc(cc4)Oc4cc(ccc4OC)C[C@@H](C(=O)N[C@@H](C)C(=O)N[C@@H](CC(C)C)C(=O)N2C)N(C)C3=O)cc1. The van der Waals surface area contributed by atoms with E-state index >= 15 is 0 Å². The maximum Gasteiger partial charge on any atom is 0.246 e. The van der Waals surface area contributed by atoms with Crippen LogP contribution in [0.3, 0.4) is 0 Å². The molecule has 15 heteroatoms. The van der Waals surface area contributed by atoms with Crippen LogP contribution in [0.15, 0.2) is 66.7 Å². The molecule has 1 fully saturated rings. The molecule has 3 heterocycles. The number of rotatable bonds is 6. The van der Waals surface area contributed by atoms with Crippen LogP contribution in [-0.2, 0) is 48.0 Å². The summed E-state index contributed by atoms with van der Waals surface area (Å²) in [5.41, 5.74) is 2.04. The number of likely N-dealkylation sites (N-methyl/N-ethyl adjacent to an activating group) is 3. The molecular weight excluding hydrogens is 757 g/mol. The van der Waals surface area contributed by atoms with Crippen LogP contribution >= 0.6 is 0 Å². The minimum atomic E-state index is -1.16. The summed E-state index contributed by atoms with van der Waals surface area (Å²) in [4.78, 5) is 89.8. The van der Waals surface area contributed by atoms with Gasteiger partial charge in [0.1, 0.15) is 47.8 Å². The lowest BCUT2D eigenvalue weighted by Gasteiger charge is -2.37. The van der Waals surface area contributed by atoms with E-state index in [-0.39, 0.29) is 31.6 Å². The van der Waals surface area contributed by atoms with Crippen molar-refractivity contribution in [2.45, 2.75) is 89.6 Å². The molecule has 6 bridgehead atoms. The van der Waals surface area contributed by atoms with E-state index in [1.54, 1.807) is 73.8 Å². The molecule has 3 aromatic rings. The number of nitrogens with one attached hydrogen (secondary N) is 3. The number of benzene rings is 3. The Morgan fingerprint density at radius 1 is 0.661 bits per heavy atom. The molecule has 316 valence electrons. The minimum absolute atomic E-state index is 0.00598. The molecular formula is C44H56N6O9.